The topological polar surface area (TPSA) is 67.8 Å². The molecule has 0 saturated carbocycles. The van der Waals surface area contributed by atoms with Crippen LogP contribution in [0.2, 0.25) is 0 Å². The van der Waals surface area contributed by atoms with E-state index >= 15 is 0 Å². The Morgan fingerprint density at radius 1 is 1.07 bits per heavy atom. The summed E-state index contributed by atoms with van der Waals surface area (Å²) in [7, 11) is 3.03. The lowest BCUT2D eigenvalue weighted by molar-refractivity contribution is -0.132. The molecular formula is C22H26FNO4. The number of rotatable bonds is 7. The molecule has 2 rings (SSSR count). The minimum absolute atomic E-state index is 0.113. The smallest absolute Gasteiger partial charge is 0.331 e. The standard InChI is InChI=1S/C22H26FNO4/c1-12(2)24-19-8-7-15(9-18(19)23)17-11-20(27-5)16(10-21(17)28-6)13(3)14(4)22(25)26/h7-12,24H,1-6H3,(H,25,26). The number of hydrogen-bond acceptors (Lipinski definition) is 4. The van der Waals surface area contributed by atoms with Gasteiger partial charge in [0.05, 0.1) is 19.9 Å². The molecule has 0 bridgehead atoms. The summed E-state index contributed by atoms with van der Waals surface area (Å²) >= 11 is 0. The van der Waals surface area contributed by atoms with Crippen molar-refractivity contribution in [3.63, 3.8) is 0 Å². The van der Waals surface area contributed by atoms with Crippen molar-refractivity contribution < 1.29 is 23.8 Å². The maximum absolute atomic E-state index is 14.5. The first-order chi connectivity index (χ1) is 13.2. The number of carboxylic acid groups (broad SMARTS) is 1. The van der Waals surface area contributed by atoms with E-state index in [1.165, 1.54) is 27.2 Å². The molecule has 0 aliphatic rings. The number of nitrogens with one attached hydrogen (secondary N) is 1. The molecule has 0 atom stereocenters. The minimum atomic E-state index is -1.00. The van der Waals surface area contributed by atoms with Crippen LogP contribution >= 0.6 is 0 Å². The average molecular weight is 387 g/mol. The largest absolute Gasteiger partial charge is 0.496 e. The second kappa shape index (κ2) is 8.78. The lowest BCUT2D eigenvalue weighted by atomic mass is 9.96. The van der Waals surface area contributed by atoms with E-state index in [4.69, 9.17) is 9.47 Å². The fourth-order valence-electron chi connectivity index (χ4n) is 2.89. The van der Waals surface area contributed by atoms with Gasteiger partial charge in [-0.15, -0.1) is 0 Å². The number of aliphatic carboxylic acids is 1. The van der Waals surface area contributed by atoms with Gasteiger partial charge < -0.3 is 19.9 Å². The van der Waals surface area contributed by atoms with Gasteiger partial charge >= 0.3 is 5.97 Å². The van der Waals surface area contributed by atoms with Crippen molar-refractivity contribution in [2.24, 2.45) is 0 Å². The van der Waals surface area contributed by atoms with E-state index in [0.29, 0.717) is 39.4 Å². The third-order valence-corrected chi connectivity index (χ3v) is 4.53. The van der Waals surface area contributed by atoms with Gasteiger partial charge in [-0.2, -0.15) is 0 Å². The minimum Gasteiger partial charge on any atom is -0.496 e. The van der Waals surface area contributed by atoms with Gasteiger partial charge in [0.25, 0.3) is 0 Å². The number of ether oxygens (including phenoxy) is 2. The molecule has 0 saturated heterocycles. The molecule has 5 nitrogen and oxygen atoms in total. The molecule has 0 heterocycles. The number of allylic oxidation sites excluding steroid dienone is 1. The summed E-state index contributed by atoms with van der Waals surface area (Å²) in [4.78, 5) is 11.3. The Kier molecular flexibility index (Phi) is 6.67. The molecule has 0 aliphatic heterocycles. The van der Waals surface area contributed by atoms with Gasteiger partial charge in [-0.1, -0.05) is 6.07 Å². The van der Waals surface area contributed by atoms with Crippen LogP contribution in [0.1, 0.15) is 33.3 Å². The fourth-order valence-corrected chi connectivity index (χ4v) is 2.89. The predicted molar refractivity (Wildman–Crippen MR) is 110 cm³/mol. The van der Waals surface area contributed by atoms with Crippen LogP contribution in [0.5, 0.6) is 11.5 Å². The van der Waals surface area contributed by atoms with Gasteiger partial charge in [0.2, 0.25) is 0 Å². The number of hydrogen-bond donors (Lipinski definition) is 2. The van der Waals surface area contributed by atoms with Crippen LogP contribution in [0.15, 0.2) is 35.9 Å². The predicted octanol–water partition coefficient (Wildman–Crippen LogP) is 5.21. The van der Waals surface area contributed by atoms with Gasteiger partial charge in [-0.25, -0.2) is 9.18 Å². The number of anilines is 1. The Hall–Kier alpha value is -3.02. The van der Waals surface area contributed by atoms with Crippen molar-refractivity contribution in [1.82, 2.24) is 0 Å². The van der Waals surface area contributed by atoms with Gasteiger partial charge in [0.15, 0.2) is 0 Å². The molecule has 28 heavy (non-hydrogen) atoms. The quantitative estimate of drug-likeness (QED) is 0.639. The van der Waals surface area contributed by atoms with Crippen LogP contribution < -0.4 is 14.8 Å². The zero-order valence-corrected chi connectivity index (χ0v) is 17.0. The summed E-state index contributed by atoms with van der Waals surface area (Å²) in [5.74, 6) is -0.386. The Morgan fingerprint density at radius 3 is 2.21 bits per heavy atom. The first-order valence-corrected chi connectivity index (χ1v) is 8.93. The maximum Gasteiger partial charge on any atom is 0.331 e. The summed E-state index contributed by atoms with van der Waals surface area (Å²) in [6.07, 6.45) is 0. The summed E-state index contributed by atoms with van der Waals surface area (Å²) in [5.41, 5.74) is 3.10. The molecule has 2 aromatic carbocycles. The van der Waals surface area contributed by atoms with Crippen molar-refractivity contribution in [3.8, 4) is 22.6 Å². The molecule has 0 spiro atoms. The molecule has 0 fully saturated rings. The van der Waals surface area contributed by atoms with E-state index in [1.54, 1.807) is 31.2 Å². The second-order valence-corrected chi connectivity index (χ2v) is 6.80. The van der Waals surface area contributed by atoms with E-state index in [1.807, 2.05) is 13.8 Å². The second-order valence-electron chi connectivity index (χ2n) is 6.80. The normalized spacial score (nSPS) is 11.9. The number of benzene rings is 2. The van der Waals surface area contributed by atoms with Crippen LogP contribution in [0, 0.1) is 5.82 Å². The van der Waals surface area contributed by atoms with E-state index < -0.39 is 5.97 Å². The molecular weight excluding hydrogens is 361 g/mol. The Labute approximate surface area is 164 Å². The van der Waals surface area contributed by atoms with Crippen molar-refractivity contribution >= 4 is 17.2 Å². The summed E-state index contributed by atoms with van der Waals surface area (Å²) in [5, 5.41) is 12.3. The Bertz CT molecular complexity index is 919. The van der Waals surface area contributed by atoms with Gasteiger partial charge in [0, 0.05) is 22.7 Å². The van der Waals surface area contributed by atoms with Crippen LogP contribution in [-0.4, -0.2) is 31.3 Å². The molecule has 150 valence electrons. The van der Waals surface area contributed by atoms with Crippen LogP contribution in [0.3, 0.4) is 0 Å². The van der Waals surface area contributed by atoms with E-state index in [2.05, 4.69) is 5.32 Å². The first kappa shape index (κ1) is 21.3. The SMILES string of the molecule is COc1cc(-c2ccc(NC(C)C)c(F)c2)c(OC)cc1C(C)=C(C)C(=O)O. The molecule has 2 N–H and O–H groups in total. The van der Waals surface area contributed by atoms with Crippen LogP contribution in [-0.2, 0) is 4.79 Å². The van der Waals surface area contributed by atoms with Crippen molar-refractivity contribution in [1.29, 1.82) is 0 Å². The highest BCUT2D eigenvalue weighted by molar-refractivity contribution is 5.96. The lowest BCUT2D eigenvalue weighted by Crippen LogP contribution is -2.10. The molecule has 0 radical (unpaired) electrons. The highest BCUT2D eigenvalue weighted by Crippen LogP contribution is 2.40. The fraction of sp³-hybridized carbons (Fsp3) is 0.318. The van der Waals surface area contributed by atoms with Crippen molar-refractivity contribution in [2.45, 2.75) is 33.7 Å². The van der Waals surface area contributed by atoms with E-state index in [-0.39, 0.29) is 17.4 Å². The number of carboxylic acids is 1. The molecule has 0 aromatic heterocycles. The number of carbonyl (C=O) groups is 1. The van der Waals surface area contributed by atoms with E-state index in [0.717, 1.165) is 0 Å². The van der Waals surface area contributed by atoms with Gasteiger partial charge in [0.1, 0.15) is 17.3 Å². The molecule has 6 heteroatoms. The van der Waals surface area contributed by atoms with Crippen molar-refractivity contribution in [2.75, 3.05) is 19.5 Å². The van der Waals surface area contributed by atoms with Crippen LogP contribution in [0.25, 0.3) is 16.7 Å². The Morgan fingerprint density at radius 2 is 1.71 bits per heavy atom. The molecule has 0 amide bonds. The summed E-state index contributed by atoms with van der Waals surface area (Å²) in [6.45, 7) is 7.13. The molecule has 2 aromatic rings. The third-order valence-electron chi connectivity index (χ3n) is 4.53. The Balaban J connectivity index is 2.62. The van der Waals surface area contributed by atoms with Crippen LogP contribution in [0.4, 0.5) is 10.1 Å². The maximum atomic E-state index is 14.5. The highest BCUT2D eigenvalue weighted by atomic mass is 19.1. The highest BCUT2D eigenvalue weighted by Gasteiger charge is 2.18. The lowest BCUT2D eigenvalue weighted by Gasteiger charge is -2.17. The van der Waals surface area contributed by atoms with Gasteiger partial charge in [-0.3, -0.25) is 0 Å². The monoisotopic (exact) mass is 387 g/mol. The average Bonchev–Trinajstić information content (AvgIpc) is 2.66. The number of halogens is 1. The molecule has 0 aliphatic carbocycles. The zero-order valence-electron chi connectivity index (χ0n) is 17.0. The van der Waals surface area contributed by atoms with Gasteiger partial charge in [-0.05, 0) is 63.1 Å². The first-order valence-electron chi connectivity index (χ1n) is 8.93. The van der Waals surface area contributed by atoms with Crippen molar-refractivity contribution in [3.05, 3.63) is 47.3 Å². The van der Waals surface area contributed by atoms with E-state index in [9.17, 15) is 14.3 Å². The molecule has 0 unspecified atom stereocenters. The summed E-state index contributed by atoms with van der Waals surface area (Å²) in [6, 6.07) is 8.49. The zero-order chi connectivity index (χ0) is 21.0. The number of methoxy groups -OCH3 is 2. The summed E-state index contributed by atoms with van der Waals surface area (Å²) < 4.78 is 25.5. The third kappa shape index (κ3) is 4.44.